The quantitative estimate of drug-likeness (QED) is 0.673. The third-order valence-corrected chi connectivity index (χ3v) is 3.23. The molecule has 0 heterocycles. The van der Waals surface area contributed by atoms with E-state index in [0.717, 1.165) is 11.1 Å². The lowest BCUT2D eigenvalue weighted by Gasteiger charge is -2.12. The van der Waals surface area contributed by atoms with Crippen LogP contribution in [0.5, 0.6) is 11.5 Å². The molecule has 0 spiro atoms. The first kappa shape index (κ1) is 13.9. The first-order chi connectivity index (χ1) is 9.54. The van der Waals surface area contributed by atoms with Gasteiger partial charge in [0.25, 0.3) is 0 Å². The zero-order valence-corrected chi connectivity index (χ0v) is 11.6. The molecule has 1 N–H and O–H groups in total. The van der Waals surface area contributed by atoms with Crippen molar-refractivity contribution in [3.8, 4) is 11.5 Å². The van der Waals surface area contributed by atoms with E-state index in [1.54, 1.807) is 31.3 Å². The molecule has 2 rings (SSSR count). The maximum Gasteiger partial charge on any atom is 0.334 e. The van der Waals surface area contributed by atoms with Gasteiger partial charge in [0.1, 0.15) is 11.4 Å². The minimum absolute atomic E-state index is 0.0593. The van der Waals surface area contributed by atoms with Gasteiger partial charge in [-0.25, -0.2) is 0 Å². The summed E-state index contributed by atoms with van der Waals surface area (Å²) < 4.78 is 5.74. The minimum atomic E-state index is -0.438. The summed E-state index contributed by atoms with van der Waals surface area (Å²) >= 11 is 0. The molecule has 0 amide bonds. The Hall–Kier alpha value is -2.56. The molecule has 0 saturated carbocycles. The van der Waals surface area contributed by atoms with E-state index < -0.39 is 4.92 Å². The van der Waals surface area contributed by atoms with Crippen molar-refractivity contribution >= 4 is 11.4 Å². The van der Waals surface area contributed by atoms with Gasteiger partial charge in [-0.15, -0.1) is 0 Å². The van der Waals surface area contributed by atoms with Crippen LogP contribution in [0.25, 0.3) is 0 Å². The first-order valence-corrected chi connectivity index (χ1v) is 6.24. The highest BCUT2D eigenvalue weighted by Crippen LogP contribution is 2.38. The van der Waals surface area contributed by atoms with E-state index in [1.807, 2.05) is 26.0 Å². The molecule has 0 aromatic heterocycles. The van der Waals surface area contributed by atoms with Gasteiger partial charge in [0.15, 0.2) is 0 Å². The maximum absolute atomic E-state index is 11.2. The highest BCUT2D eigenvalue weighted by Gasteiger charge is 2.21. The van der Waals surface area contributed by atoms with E-state index in [-0.39, 0.29) is 11.4 Å². The van der Waals surface area contributed by atoms with Crippen molar-refractivity contribution in [2.75, 3.05) is 12.4 Å². The Kier molecular flexibility index (Phi) is 3.89. The standard InChI is InChI=1S/C15H16N2O3/c1-10-6-4-8-13(11(10)2)20-14-9-5-7-12(16-3)15(14)17(18)19/h4-9,16H,1-3H3. The van der Waals surface area contributed by atoms with E-state index in [1.165, 1.54) is 0 Å². The van der Waals surface area contributed by atoms with E-state index in [9.17, 15) is 10.1 Å². The van der Waals surface area contributed by atoms with Gasteiger partial charge in [-0.05, 0) is 43.2 Å². The Balaban J connectivity index is 2.48. The van der Waals surface area contributed by atoms with Gasteiger partial charge in [0, 0.05) is 7.05 Å². The highest BCUT2D eigenvalue weighted by atomic mass is 16.6. The molecule has 0 fully saturated rings. The van der Waals surface area contributed by atoms with Gasteiger partial charge >= 0.3 is 5.69 Å². The molecule has 0 bridgehead atoms. The zero-order valence-electron chi connectivity index (χ0n) is 11.6. The molecule has 2 aromatic carbocycles. The van der Waals surface area contributed by atoms with Crippen LogP contribution < -0.4 is 10.1 Å². The summed E-state index contributed by atoms with van der Waals surface area (Å²) in [7, 11) is 1.64. The Morgan fingerprint density at radius 2 is 1.75 bits per heavy atom. The number of hydrogen-bond donors (Lipinski definition) is 1. The van der Waals surface area contributed by atoms with Gasteiger partial charge in [-0.3, -0.25) is 10.1 Å². The molecule has 0 saturated heterocycles. The molecule has 5 nitrogen and oxygen atoms in total. The monoisotopic (exact) mass is 272 g/mol. The SMILES string of the molecule is CNc1cccc(Oc2cccc(C)c2C)c1[N+](=O)[O-]. The number of anilines is 1. The van der Waals surface area contributed by atoms with Crippen LogP contribution in [0, 0.1) is 24.0 Å². The number of rotatable bonds is 4. The minimum Gasteiger partial charge on any atom is -0.450 e. The van der Waals surface area contributed by atoms with Crippen molar-refractivity contribution in [3.63, 3.8) is 0 Å². The highest BCUT2D eigenvalue weighted by molar-refractivity contribution is 5.68. The predicted molar refractivity (Wildman–Crippen MR) is 78.6 cm³/mol. The molecule has 104 valence electrons. The van der Waals surface area contributed by atoms with E-state index >= 15 is 0 Å². The second-order valence-electron chi connectivity index (χ2n) is 4.46. The zero-order chi connectivity index (χ0) is 14.7. The average Bonchev–Trinajstić information content (AvgIpc) is 2.43. The molecule has 0 aliphatic carbocycles. The summed E-state index contributed by atoms with van der Waals surface area (Å²) in [6.45, 7) is 3.90. The van der Waals surface area contributed by atoms with Crippen molar-refractivity contribution in [3.05, 3.63) is 57.6 Å². The lowest BCUT2D eigenvalue weighted by molar-refractivity contribution is -0.384. The molecular weight excluding hydrogens is 256 g/mol. The molecule has 0 radical (unpaired) electrons. The van der Waals surface area contributed by atoms with E-state index in [4.69, 9.17) is 4.74 Å². The second kappa shape index (κ2) is 5.61. The number of nitrogens with one attached hydrogen (secondary N) is 1. The number of nitro groups is 1. The van der Waals surface area contributed by atoms with Crippen molar-refractivity contribution < 1.29 is 9.66 Å². The third-order valence-electron chi connectivity index (χ3n) is 3.23. The van der Waals surface area contributed by atoms with Gasteiger partial charge < -0.3 is 10.1 Å². The van der Waals surface area contributed by atoms with Gasteiger partial charge in [0.05, 0.1) is 4.92 Å². The topological polar surface area (TPSA) is 64.4 Å². The molecule has 20 heavy (non-hydrogen) atoms. The summed E-state index contributed by atoms with van der Waals surface area (Å²) in [5.41, 5.74) is 2.42. The van der Waals surface area contributed by atoms with Crippen LogP contribution in [0.2, 0.25) is 0 Å². The average molecular weight is 272 g/mol. The maximum atomic E-state index is 11.2. The number of para-hydroxylation sites is 1. The lowest BCUT2D eigenvalue weighted by Crippen LogP contribution is -1.99. The molecule has 0 unspecified atom stereocenters. The molecule has 2 aromatic rings. The summed E-state index contributed by atoms with van der Waals surface area (Å²) in [5.74, 6) is 0.858. The van der Waals surface area contributed by atoms with Crippen LogP contribution in [-0.2, 0) is 0 Å². The number of nitrogens with zero attached hydrogens (tertiary/aromatic N) is 1. The summed E-state index contributed by atoms with van der Waals surface area (Å²) in [5, 5.41) is 14.0. The fourth-order valence-corrected chi connectivity index (χ4v) is 1.95. The summed E-state index contributed by atoms with van der Waals surface area (Å²) in [4.78, 5) is 10.8. The number of aryl methyl sites for hydroxylation is 1. The van der Waals surface area contributed by atoms with E-state index in [2.05, 4.69) is 5.32 Å². The van der Waals surface area contributed by atoms with Gasteiger partial charge in [-0.2, -0.15) is 0 Å². The third kappa shape index (κ3) is 2.56. The number of hydrogen-bond acceptors (Lipinski definition) is 4. The fraction of sp³-hybridized carbons (Fsp3) is 0.200. The lowest BCUT2D eigenvalue weighted by atomic mass is 10.1. The van der Waals surface area contributed by atoms with Crippen LogP contribution >= 0.6 is 0 Å². The van der Waals surface area contributed by atoms with E-state index in [0.29, 0.717) is 11.4 Å². The van der Waals surface area contributed by atoms with Crippen LogP contribution in [0.15, 0.2) is 36.4 Å². The van der Waals surface area contributed by atoms with Crippen molar-refractivity contribution in [1.29, 1.82) is 0 Å². The van der Waals surface area contributed by atoms with Crippen LogP contribution in [0.1, 0.15) is 11.1 Å². The van der Waals surface area contributed by atoms with Crippen molar-refractivity contribution in [2.24, 2.45) is 0 Å². The van der Waals surface area contributed by atoms with Crippen LogP contribution in [-0.4, -0.2) is 12.0 Å². The van der Waals surface area contributed by atoms with Crippen molar-refractivity contribution in [1.82, 2.24) is 0 Å². The Morgan fingerprint density at radius 1 is 1.10 bits per heavy atom. The summed E-state index contributed by atoms with van der Waals surface area (Å²) in [6, 6.07) is 10.6. The number of nitro benzene ring substituents is 1. The second-order valence-corrected chi connectivity index (χ2v) is 4.46. The van der Waals surface area contributed by atoms with Crippen molar-refractivity contribution in [2.45, 2.75) is 13.8 Å². The van der Waals surface area contributed by atoms with Gasteiger partial charge in [-0.1, -0.05) is 18.2 Å². The Morgan fingerprint density at radius 3 is 2.40 bits per heavy atom. The summed E-state index contributed by atoms with van der Waals surface area (Å²) in [6.07, 6.45) is 0. The fourth-order valence-electron chi connectivity index (χ4n) is 1.95. The number of benzene rings is 2. The molecule has 0 aliphatic heterocycles. The molecule has 5 heteroatoms. The normalized spacial score (nSPS) is 10.2. The Bertz CT molecular complexity index is 654. The largest absolute Gasteiger partial charge is 0.450 e. The first-order valence-electron chi connectivity index (χ1n) is 6.24. The number of ether oxygens (including phenoxy) is 1. The van der Waals surface area contributed by atoms with Crippen LogP contribution in [0.4, 0.5) is 11.4 Å². The predicted octanol–water partition coefficient (Wildman–Crippen LogP) is 4.05. The smallest absolute Gasteiger partial charge is 0.334 e. The van der Waals surface area contributed by atoms with Gasteiger partial charge in [0.2, 0.25) is 5.75 Å². The van der Waals surface area contributed by atoms with Crippen LogP contribution in [0.3, 0.4) is 0 Å². The molecule has 0 atom stereocenters. The molecule has 0 aliphatic rings. The molecular formula is C15H16N2O3. The Labute approximate surface area is 117 Å².